The molecule has 11 heteroatoms. The number of ether oxygens (including phenoxy) is 1. The molecule has 0 radical (unpaired) electrons. The summed E-state index contributed by atoms with van der Waals surface area (Å²) in [5, 5.41) is 15.6. The first-order valence-electron chi connectivity index (χ1n) is 8.59. The van der Waals surface area contributed by atoms with Crippen LogP contribution in [0.3, 0.4) is 0 Å². The zero-order valence-corrected chi connectivity index (χ0v) is 18.6. The highest BCUT2D eigenvalue weighted by atomic mass is 35.5. The minimum absolute atomic E-state index is 0.137. The number of rotatable bonds is 8. The Morgan fingerprint density at radius 3 is 2.43 bits per heavy atom. The summed E-state index contributed by atoms with van der Waals surface area (Å²) in [6, 6.07) is 13.2. The predicted molar refractivity (Wildman–Crippen MR) is 118 cm³/mol. The van der Waals surface area contributed by atoms with Crippen LogP contribution in [0.2, 0.25) is 15.1 Å². The smallest absolute Gasteiger partial charge is 0.291 e. The van der Waals surface area contributed by atoms with Gasteiger partial charge in [0, 0.05) is 38.9 Å². The molecule has 0 amide bonds. The van der Waals surface area contributed by atoms with Crippen molar-refractivity contribution in [3.63, 3.8) is 0 Å². The van der Waals surface area contributed by atoms with Gasteiger partial charge in [0.2, 0.25) is 0 Å². The number of benzene rings is 2. The van der Waals surface area contributed by atoms with Crippen LogP contribution in [0.4, 0.5) is 0 Å². The van der Waals surface area contributed by atoms with Crippen LogP contribution in [-0.2, 0) is 11.3 Å². The minimum atomic E-state index is -1.50. The van der Waals surface area contributed by atoms with Crippen molar-refractivity contribution in [2.24, 2.45) is 0 Å². The SMILES string of the molecule is Clc1ccc(SCOC(CCn2ccnc2)c2ccc(Cl)cc2Cl)cc1.O=[N+]([O-])O. The van der Waals surface area contributed by atoms with E-state index in [9.17, 15) is 0 Å². The normalized spacial score (nSPS) is 11.4. The molecule has 30 heavy (non-hydrogen) atoms. The van der Waals surface area contributed by atoms with Gasteiger partial charge < -0.3 is 14.5 Å². The first-order chi connectivity index (χ1) is 14.3. The summed E-state index contributed by atoms with van der Waals surface area (Å²) in [6.07, 6.45) is 6.13. The van der Waals surface area contributed by atoms with E-state index in [-0.39, 0.29) is 6.10 Å². The number of thioether (sulfide) groups is 1. The Morgan fingerprint density at radius 2 is 1.83 bits per heavy atom. The highest BCUT2D eigenvalue weighted by molar-refractivity contribution is 7.99. The maximum Gasteiger partial charge on any atom is 0.291 e. The molecule has 3 aromatic rings. The molecule has 0 saturated carbocycles. The van der Waals surface area contributed by atoms with Gasteiger partial charge in [0.1, 0.15) is 0 Å². The van der Waals surface area contributed by atoms with Crippen LogP contribution in [0.5, 0.6) is 0 Å². The lowest BCUT2D eigenvalue weighted by Gasteiger charge is -2.20. The number of aryl methyl sites for hydroxylation is 1. The lowest BCUT2D eigenvalue weighted by molar-refractivity contribution is -0.742. The fraction of sp³-hybridized carbons (Fsp3) is 0.211. The van der Waals surface area contributed by atoms with Gasteiger partial charge in [-0.05, 0) is 48.4 Å². The minimum Gasteiger partial charge on any atom is -0.362 e. The second-order valence-corrected chi connectivity index (χ2v) is 8.14. The first-order valence-corrected chi connectivity index (χ1v) is 10.7. The molecule has 7 nitrogen and oxygen atoms in total. The summed E-state index contributed by atoms with van der Waals surface area (Å²) in [4.78, 5) is 13.5. The average molecular weight is 491 g/mol. The van der Waals surface area contributed by atoms with Gasteiger partial charge in [-0.1, -0.05) is 52.6 Å². The predicted octanol–water partition coefficient (Wildman–Crippen LogP) is 6.39. The van der Waals surface area contributed by atoms with Crippen molar-refractivity contribution in [1.29, 1.82) is 0 Å². The number of hydrogen-bond acceptors (Lipinski definition) is 5. The van der Waals surface area contributed by atoms with E-state index in [0.717, 1.165) is 28.4 Å². The standard InChI is InChI=1S/C19H17Cl3N2OS.HNO3/c20-14-1-4-16(5-2-14)26-13-25-19(7-9-24-10-8-23-12-24)17-6-3-15(21)11-18(17)22;2-1(3)4/h1-6,8,10-12,19H,7,9,13H2;(H,2,3,4). The Hall–Kier alpha value is -1.97. The molecule has 1 N–H and O–H groups in total. The van der Waals surface area contributed by atoms with E-state index < -0.39 is 5.09 Å². The van der Waals surface area contributed by atoms with Crippen molar-refractivity contribution in [3.8, 4) is 0 Å². The first kappa shape index (κ1) is 24.3. The van der Waals surface area contributed by atoms with Gasteiger partial charge in [0.15, 0.2) is 0 Å². The second-order valence-electron chi connectivity index (χ2n) is 5.86. The third-order valence-electron chi connectivity index (χ3n) is 3.83. The van der Waals surface area contributed by atoms with Crippen LogP contribution in [0, 0.1) is 10.1 Å². The van der Waals surface area contributed by atoms with Crippen molar-refractivity contribution in [2.45, 2.75) is 24.0 Å². The van der Waals surface area contributed by atoms with Crippen LogP contribution < -0.4 is 0 Å². The van der Waals surface area contributed by atoms with Crippen LogP contribution in [0.25, 0.3) is 0 Å². The number of halogens is 3. The van der Waals surface area contributed by atoms with E-state index in [1.54, 1.807) is 30.4 Å². The largest absolute Gasteiger partial charge is 0.362 e. The number of nitrogens with zero attached hydrogens (tertiary/aromatic N) is 3. The van der Waals surface area contributed by atoms with Crippen LogP contribution in [0.15, 0.2) is 66.1 Å². The summed E-state index contributed by atoms with van der Waals surface area (Å²) in [6.45, 7) is 0.787. The Bertz CT molecular complexity index is 923. The zero-order valence-electron chi connectivity index (χ0n) is 15.5. The van der Waals surface area contributed by atoms with Crippen molar-refractivity contribution in [2.75, 3.05) is 5.94 Å². The van der Waals surface area contributed by atoms with E-state index in [1.165, 1.54) is 0 Å². The molecule has 1 unspecified atom stereocenters. The van der Waals surface area contributed by atoms with Gasteiger partial charge in [-0.15, -0.1) is 10.1 Å². The molecule has 160 valence electrons. The lowest BCUT2D eigenvalue weighted by Crippen LogP contribution is -2.09. The van der Waals surface area contributed by atoms with Gasteiger partial charge in [-0.25, -0.2) is 4.98 Å². The van der Waals surface area contributed by atoms with Crippen LogP contribution >= 0.6 is 46.6 Å². The van der Waals surface area contributed by atoms with E-state index in [2.05, 4.69) is 4.98 Å². The number of hydrogen-bond donors (Lipinski definition) is 1. The molecule has 0 spiro atoms. The summed E-state index contributed by atoms with van der Waals surface area (Å²) in [7, 11) is 0. The Kier molecular flexibility index (Phi) is 10.3. The molecule has 0 aliphatic rings. The topological polar surface area (TPSA) is 90.4 Å². The maximum atomic E-state index is 8.36. The average Bonchev–Trinajstić information content (AvgIpc) is 3.20. The number of imidazole rings is 1. The molecular formula is C19H18Cl3N3O4S. The van der Waals surface area contributed by atoms with E-state index in [4.69, 9.17) is 54.9 Å². The van der Waals surface area contributed by atoms with E-state index >= 15 is 0 Å². The molecule has 0 aliphatic heterocycles. The van der Waals surface area contributed by atoms with Gasteiger partial charge in [-0.3, -0.25) is 0 Å². The molecule has 0 fully saturated rings. The molecule has 0 bridgehead atoms. The van der Waals surface area contributed by atoms with Gasteiger partial charge >= 0.3 is 0 Å². The molecule has 1 atom stereocenters. The van der Waals surface area contributed by atoms with Crippen molar-refractivity contribution < 1.29 is 15.0 Å². The van der Waals surface area contributed by atoms with Crippen molar-refractivity contribution in [3.05, 3.63) is 91.9 Å². The lowest BCUT2D eigenvalue weighted by atomic mass is 10.1. The highest BCUT2D eigenvalue weighted by Gasteiger charge is 2.16. The van der Waals surface area contributed by atoms with Gasteiger partial charge in [0.25, 0.3) is 5.09 Å². The van der Waals surface area contributed by atoms with Gasteiger partial charge in [-0.2, -0.15) is 0 Å². The molecular weight excluding hydrogens is 473 g/mol. The zero-order chi connectivity index (χ0) is 21.9. The van der Waals surface area contributed by atoms with Crippen LogP contribution in [0.1, 0.15) is 18.1 Å². The fourth-order valence-corrected chi connectivity index (χ4v) is 3.84. The van der Waals surface area contributed by atoms with E-state index in [0.29, 0.717) is 16.0 Å². The second kappa shape index (κ2) is 12.7. The fourth-order valence-electron chi connectivity index (χ4n) is 2.49. The van der Waals surface area contributed by atoms with Gasteiger partial charge in [0.05, 0.1) is 18.4 Å². The Labute approximate surface area is 192 Å². The third kappa shape index (κ3) is 8.81. The molecule has 0 aliphatic carbocycles. The summed E-state index contributed by atoms with van der Waals surface area (Å²) >= 11 is 20.0. The molecule has 2 aromatic carbocycles. The van der Waals surface area contributed by atoms with Crippen LogP contribution in [-0.4, -0.2) is 25.8 Å². The monoisotopic (exact) mass is 489 g/mol. The Morgan fingerprint density at radius 1 is 1.17 bits per heavy atom. The van der Waals surface area contributed by atoms with Crippen molar-refractivity contribution in [1.82, 2.24) is 9.55 Å². The Balaban J connectivity index is 0.000000735. The number of aromatic nitrogens is 2. The molecule has 1 aromatic heterocycles. The summed E-state index contributed by atoms with van der Waals surface area (Å²) in [5.74, 6) is 0.509. The van der Waals surface area contributed by atoms with Crippen molar-refractivity contribution >= 4 is 46.6 Å². The highest BCUT2D eigenvalue weighted by Crippen LogP contribution is 2.32. The summed E-state index contributed by atoms with van der Waals surface area (Å²) < 4.78 is 8.17. The third-order valence-corrected chi connectivity index (χ3v) is 5.50. The molecule has 1 heterocycles. The quantitative estimate of drug-likeness (QED) is 0.170. The van der Waals surface area contributed by atoms with E-state index in [1.807, 2.05) is 47.2 Å². The maximum absolute atomic E-state index is 8.36. The molecule has 3 rings (SSSR count). The molecule has 0 saturated heterocycles. The summed E-state index contributed by atoms with van der Waals surface area (Å²) in [5.41, 5.74) is 0.938.